The Morgan fingerprint density at radius 2 is 0.908 bits per heavy atom. The van der Waals surface area contributed by atoms with Crippen molar-refractivity contribution < 1.29 is 60.5 Å². The normalized spacial score (nSPS) is 20.1. The molecule has 2 aliphatic carbocycles. The maximum absolute atomic E-state index is 13.4. The Bertz CT molecular complexity index is 2210. The number of aromatic nitrogens is 1. The van der Waals surface area contributed by atoms with E-state index in [9.17, 15) is 13.2 Å². The zero-order valence-electron chi connectivity index (χ0n) is 67.5. The number of alkyl halides is 3. The van der Waals surface area contributed by atoms with Gasteiger partial charge in [0.1, 0.15) is 17.5 Å². The highest BCUT2D eigenvalue weighted by Crippen LogP contribution is 2.35. The summed E-state index contributed by atoms with van der Waals surface area (Å²) in [6, 6.07) is 3.85. The quantitative estimate of drug-likeness (QED) is 0.0482. The number of nitrogens with zero attached hydrogens (tertiary/aromatic N) is 4. The van der Waals surface area contributed by atoms with Crippen LogP contribution in [0.5, 0.6) is 5.75 Å². The lowest BCUT2D eigenvalue weighted by atomic mass is 9.88. The number of rotatable bonds is 34. The Hall–Kier alpha value is -2.18. The van der Waals surface area contributed by atoms with Crippen molar-refractivity contribution in [2.24, 2.45) is 11.3 Å². The molecule has 5 rings (SSSR count). The molecule has 0 spiro atoms. The monoisotopic (exact) mass is 1400 g/mol. The van der Waals surface area contributed by atoms with Gasteiger partial charge in [-0.05, 0) is 297 Å². The summed E-state index contributed by atoms with van der Waals surface area (Å²) in [4.78, 5) is 11.9. The second-order valence-electron chi connectivity index (χ2n) is 36.0. The summed E-state index contributed by atoms with van der Waals surface area (Å²) in [7, 11) is 0. The van der Waals surface area contributed by atoms with Crippen LogP contribution in [0.25, 0.3) is 0 Å². The van der Waals surface area contributed by atoms with Crippen molar-refractivity contribution >= 4 is 0 Å². The average molecular weight is 1400 g/mol. The summed E-state index contributed by atoms with van der Waals surface area (Å²) in [6.45, 7) is 65.2. The molecule has 98 heavy (non-hydrogen) atoms. The summed E-state index contributed by atoms with van der Waals surface area (Å²) >= 11 is 0. The van der Waals surface area contributed by atoms with E-state index in [1.165, 1.54) is 52.0 Å². The van der Waals surface area contributed by atoms with Crippen LogP contribution in [-0.4, -0.2) is 201 Å². The van der Waals surface area contributed by atoms with Crippen LogP contribution < -0.4 is 4.74 Å². The van der Waals surface area contributed by atoms with E-state index in [2.05, 4.69) is 177 Å². The van der Waals surface area contributed by atoms with Gasteiger partial charge in [0.15, 0.2) is 6.10 Å². The number of ether oxygens (including phenoxy) is 10. The molecule has 1 aromatic heterocycles. The molecule has 2 aliphatic heterocycles. The van der Waals surface area contributed by atoms with Gasteiger partial charge in [-0.2, -0.15) is 13.2 Å². The van der Waals surface area contributed by atoms with Crippen molar-refractivity contribution in [1.29, 1.82) is 0 Å². The Morgan fingerprint density at radius 1 is 0.469 bits per heavy atom. The van der Waals surface area contributed by atoms with Crippen LogP contribution >= 0.6 is 0 Å². The van der Waals surface area contributed by atoms with Crippen LogP contribution in [0.2, 0.25) is 0 Å². The maximum atomic E-state index is 13.4. The number of piperidine rings is 1. The van der Waals surface area contributed by atoms with Crippen molar-refractivity contribution in [3.8, 4) is 17.6 Å². The Kier molecular flexibility index (Phi) is 42.4. The number of piperazine rings is 1. The number of likely N-dealkylation sites (tertiary alicyclic amines) is 1. The first kappa shape index (κ1) is 91.9. The Morgan fingerprint density at radius 3 is 1.34 bits per heavy atom. The summed E-state index contributed by atoms with van der Waals surface area (Å²) in [5.41, 5.74) is 1.33. The first-order valence-electron chi connectivity index (χ1n) is 38.3. The molecule has 0 N–H and O–H groups in total. The zero-order chi connectivity index (χ0) is 73.9. The smallest absolute Gasteiger partial charge is 0.414 e. The van der Waals surface area contributed by atoms with E-state index >= 15 is 0 Å². The number of halogens is 3. The second-order valence-corrected chi connectivity index (χ2v) is 36.0. The molecule has 1 atom stereocenters. The molecule has 0 radical (unpaired) electrons. The molecule has 3 heterocycles. The van der Waals surface area contributed by atoms with Gasteiger partial charge in [0.05, 0.1) is 65.7 Å². The molecule has 0 aromatic carbocycles. The Balaban J connectivity index is 0.000000453. The van der Waals surface area contributed by atoms with Crippen LogP contribution in [-0.2, 0) is 42.6 Å². The third-order valence-electron chi connectivity index (χ3n) is 17.1. The number of hydrogen-bond donors (Lipinski definition) is 0. The summed E-state index contributed by atoms with van der Waals surface area (Å²) in [6.07, 6.45) is 15.5. The van der Waals surface area contributed by atoms with Crippen molar-refractivity contribution in [2.75, 3.05) is 105 Å². The highest BCUT2D eigenvalue weighted by atomic mass is 19.4. The van der Waals surface area contributed by atoms with E-state index in [0.29, 0.717) is 42.5 Å². The molecular weight excluding hydrogens is 1250 g/mol. The van der Waals surface area contributed by atoms with Crippen molar-refractivity contribution in [1.82, 2.24) is 19.7 Å². The minimum Gasteiger partial charge on any atom is -0.489 e. The number of hydrogen-bond acceptors (Lipinski definition) is 14. The van der Waals surface area contributed by atoms with Gasteiger partial charge >= 0.3 is 6.18 Å². The molecule has 4 aliphatic rings. The van der Waals surface area contributed by atoms with Gasteiger partial charge in [-0.3, -0.25) is 9.80 Å². The third-order valence-corrected chi connectivity index (χ3v) is 17.1. The summed E-state index contributed by atoms with van der Waals surface area (Å²) < 4.78 is 97.2. The molecule has 2 saturated carbocycles. The average Bonchev–Trinajstić information content (AvgIpc) is 0.853. The first-order chi connectivity index (χ1) is 45.2. The molecular formula is C81H151F3N4O10. The van der Waals surface area contributed by atoms with Gasteiger partial charge < -0.3 is 52.3 Å². The molecule has 0 amide bonds. The predicted octanol–water partition coefficient (Wildman–Crippen LogP) is 18.9. The van der Waals surface area contributed by atoms with Gasteiger partial charge in [-0.15, -0.1) is 0 Å². The molecule has 4 fully saturated rings. The summed E-state index contributed by atoms with van der Waals surface area (Å²) in [5.74, 6) is 7.10. The molecule has 1 unspecified atom stereocenters. The minimum atomic E-state index is -4.33. The van der Waals surface area contributed by atoms with Crippen LogP contribution in [0.3, 0.4) is 0 Å². The standard InChI is InChI=1S/C23H44F3NO3.C22H33NO3.C22H44O4.C14H30N2/c1-21(2,3)27-12-10-19(11-13-27)18-20(23(24,25)26)29-17-16-28-14-8-7-9-15-30-22(4,5)6;1-21(2,3)24-13-9-7-8-10-17-11-12-18(16-23-17)25-19-14-20(15-19)26-22(4,5)6;1-21(2,3)25-16-12-8-10-14-23-13-9-7-11-15-24-19-17-20(18-19)26-22(4,5)6;1-13(2,3)7-8-15-9-11-16(12-10-15)14(4,5)6/h19-20H,7-18H2,1-6H3;11-12,16,19-20H,7,9,13-15H2,1-6H3;19-20H,7-18H2,1-6H3;7-12H2,1-6H3. The largest absolute Gasteiger partial charge is 0.489 e. The van der Waals surface area contributed by atoms with Crippen LogP contribution in [0, 0.1) is 23.2 Å². The first-order valence-corrected chi connectivity index (χ1v) is 38.3. The fourth-order valence-electron chi connectivity index (χ4n) is 11.4. The lowest BCUT2D eigenvalue weighted by Crippen LogP contribution is -2.53. The molecule has 1 aromatic rings. The van der Waals surface area contributed by atoms with E-state index < -0.39 is 12.3 Å². The molecule has 576 valence electrons. The molecule has 2 saturated heterocycles. The van der Waals surface area contributed by atoms with Crippen molar-refractivity contribution in [3.63, 3.8) is 0 Å². The lowest BCUT2D eigenvalue weighted by molar-refractivity contribution is -0.228. The fraction of sp³-hybridized carbons (Fsp3) is 0.914. The van der Waals surface area contributed by atoms with Gasteiger partial charge in [-0.1, -0.05) is 26.7 Å². The van der Waals surface area contributed by atoms with Crippen LogP contribution in [0.1, 0.15) is 294 Å². The number of unbranched alkanes of at least 4 members (excludes halogenated alkanes) is 7. The number of pyridine rings is 1. The van der Waals surface area contributed by atoms with Crippen LogP contribution in [0.15, 0.2) is 18.3 Å². The van der Waals surface area contributed by atoms with Gasteiger partial charge in [-0.25, -0.2) is 4.98 Å². The molecule has 0 bridgehead atoms. The SMILES string of the molecule is CC(C)(C)CCN1CCN(C(C)(C)C)CC1.CC(C)(C)OCCCC#Cc1ccc(OC2CC(OC(C)(C)C)C2)cn1.CC(C)(C)OCCCCCOCCCCCOC1CC(OC(C)(C)C)C1.CC(C)(C)OCCCCCOCCOC(CC1CCN(C(C)(C)C)CC1)C(F)(F)F. The van der Waals surface area contributed by atoms with E-state index in [1.54, 1.807) is 6.20 Å². The fourth-order valence-corrected chi connectivity index (χ4v) is 11.4. The molecule has 14 nitrogen and oxygen atoms in total. The predicted molar refractivity (Wildman–Crippen MR) is 399 cm³/mol. The highest BCUT2D eigenvalue weighted by Gasteiger charge is 2.43. The van der Waals surface area contributed by atoms with E-state index in [-0.39, 0.29) is 65.2 Å². The van der Waals surface area contributed by atoms with Crippen molar-refractivity contribution in [2.45, 2.75) is 364 Å². The zero-order valence-corrected chi connectivity index (χ0v) is 67.5. The van der Waals surface area contributed by atoms with Gasteiger partial charge in [0.2, 0.25) is 0 Å². The van der Waals surface area contributed by atoms with Crippen LogP contribution in [0.4, 0.5) is 13.2 Å². The Labute approximate surface area is 599 Å². The van der Waals surface area contributed by atoms with E-state index in [0.717, 1.165) is 154 Å². The molecule has 17 heteroatoms. The minimum absolute atomic E-state index is 0.0131. The second kappa shape index (κ2) is 45.2. The topological polar surface area (TPSA) is 115 Å². The lowest BCUT2D eigenvalue weighted by Gasteiger charge is -2.42. The van der Waals surface area contributed by atoms with Crippen molar-refractivity contribution in [3.05, 3.63) is 24.0 Å². The van der Waals surface area contributed by atoms with Gasteiger partial charge in [0, 0.05) is 103 Å². The van der Waals surface area contributed by atoms with E-state index in [1.807, 2.05) is 32.9 Å². The van der Waals surface area contributed by atoms with E-state index in [4.69, 9.17) is 47.4 Å². The highest BCUT2D eigenvalue weighted by molar-refractivity contribution is 5.31. The third kappa shape index (κ3) is 50.3. The maximum Gasteiger partial charge on any atom is 0.414 e. The summed E-state index contributed by atoms with van der Waals surface area (Å²) in [5, 5.41) is 0. The van der Waals surface area contributed by atoms with Gasteiger partial charge in [0.25, 0.3) is 0 Å².